The van der Waals surface area contributed by atoms with Gasteiger partial charge in [-0.3, -0.25) is 0 Å². The fourth-order valence-electron chi connectivity index (χ4n) is 2.68. The first-order chi connectivity index (χ1) is 10.6. The number of rotatable bonds is 6. The van der Waals surface area contributed by atoms with E-state index in [1.54, 1.807) is 7.11 Å². The van der Waals surface area contributed by atoms with Crippen LogP contribution >= 0.6 is 11.7 Å². The van der Waals surface area contributed by atoms with Crippen molar-refractivity contribution in [1.82, 2.24) is 17.8 Å². The Bertz CT molecular complexity index is 747. The molecule has 0 saturated carbocycles. The quantitative estimate of drug-likeness (QED) is 0.851. The van der Waals surface area contributed by atoms with Crippen molar-refractivity contribution in [1.29, 1.82) is 0 Å². The van der Waals surface area contributed by atoms with Crippen LogP contribution in [0.3, 0.4) is 0 Å². The van der Waals surface area contributed by atoms with Gasteiger partial charge in [-0.05, 0) is 30.5 Å². The minimum absolute atomic E-state index is 0.0762. The van der Waals surface area contributed by atoms with Crippen molar-refractivity contribution in [3.63, 3.8) is 0 Å². The number of nitrogens with zero attached hydrogens (tertiary/aromatic N) is 3. The van der Waals surface area contributed by atoms with Crippen molar-refractivity contribution in [2.24, 2.45) is 0 Å². The molecule has 0 bridgehead atoms. The van der Waals surface area contributed by atoms with Crippen LogP contribution in [0.25, 0.3) is 11.0 Å². The van der Waals surface area contributed by atoms with E-state index >= 15 is 0 Å². The molecular weight excluding hydrogens is 324 g/mol. The number of fused-ring (bicyclic) bond motifs is 1. The molecule has 7 nitrogen and oxygen atoms in total. The topological polar surface area (TPSA) is 84.4 Å². The first kappa shape index (κ1) is 15.8. The Labute approximate surface area is 133 Å². The van der Waals surface area contributed by atoms with Crippen molar-refractivity contribution in [2.75, 3.05) is 20.3 Å². The van der Waals surface area contributed by atoms with E-state index in [0.717, 1.165) is 41.2 Å². The molecular formula is C13H18N4O3S2. The molecule has 1 saturated heterocycles. The summed E-state index contributed by atoms with van der Waals surface area (Å²) in [4.78, 5) is 0. The zero-order valence-electron chi connectivity index (χ0n) is 12.2. The molecule has 0 spiro atoms. The molecule has 1 fully saturated rings. The molecule has 2 heterocycles. The van der Waals surface area contributed by atoms with E-state index < -0.39 is 10.2 Å². The summed E-state index contributed by atoms with van der Waals surface area (Å²) in [5.74, 6) is 0. The molecule has 1 aliphatic heterocycles. The van der Waals surface area contributed by atoms with Gasteiger partial charge in [0.25, 0.3) is 10.2 Å². The van der Waals surface area contributed by atoms with Crippen LogP contribution < -0.4 is 4.72 Å². The second kappa shape index (κ2) is 6.55. The smallest absolute Gasteiger partial charge is 0.280 e. The SMILES string of the molecule is COCC1CCCN1S(=O)(=O)NCc1ccc2nsnc2c1. The number of benzene rings is 1. The number of methoxy groups -OCH3 is 1. The number of aromatic nitrogens is 2. The normalized spacial score (nSPS) is 20.0. The maximum Gasteiger partial charge on any atom is 0.280 e. The van der Waals surface area contributed by atoms with Crippen LogP contribution in [-0.2, 0) is 21.5 Å². The fraction of sp³-hybridized carbons (Fsp3) is 0.538. The first-order valence-corrected chi connectivity index (χ1v) is 9.24. The minimum atomic E-state index is -3.50. The predicted molar refractivity (Wildman–Crippen MR) is 84.8 cm³/mol. The van der Waals surface area contributed by atoms with Crippen LogP contribution in [0.15, 0.2) is 18.2 Å². The van der Waals surface area contributed by atoms with Gasteiger partial charge in [-0.2, -0.15) is 26.2 Å². The molecule has 9 heteroatoms. The maximum atomic E-state index is 12.4. The standard InChI is InChI=1S/C13H18N4O3S2/c1-20-9-11-3-2-6-17(11)22(18,19)14-8-10-4-5-12-13(7-10)16-21-15-12/h4-5,7,11,14H,2-3,6,8-9H2,1H3. The third-order valence-corrected chi connectivity index (χ3v) is 5.93. The lowest BCUT2D eigenvalue weighted by Gasteiger charge is -2.23. The third-order valence-electron chi connectivity index (χ3n) is 3.77. The van der Waals surface area contributed by atoms with Gasteiger partial charge < -0.3 is 4.74 Å². The van der Waals surface area contributed by atoms with Crippen LogP contribution in [0.2, 0.25) is 0 Å². The van der Waals surface area contributed by atoms with Crippen molar-refractivity contribution >= 4 is 33.0 Å². The molecule has 0 radical (unpaired) electrons. The van der Waals surface area contributed by atoms with Crippen molar-refractivity contribution < 1.29 is 13.2 Å². The molecule has 2 aromatic rings. The molecule has 1 atom stereocenters. The molecule has 1 unspecified atom stereocenters. The van der Waals surface area contributed by atoms with Crippen molar-refractivity contribution in [2.45, 2.75) is 25.4 Å². The molecule has 1 aromatic carbocycles. The summed E-state index contributed by atoms with van der Waals surface area (Å²) in [5.41, 5.74) is 2.49. The number of ether oxygens (including phenoxy) is 1. The Morgan fingerprint density at radius 1 is 1.41 bits per heavy atom. The zero-order valence-corrected chi connectivity index (χ0v) is 13.9. The largest absolute Gasteiger partial charge is 0.383 e. The van der Waals surface area contributed by atoms with E-state index in [9.17, 15) is 8.42 Å². The minimum Gasteiger partial charge on any atom is -0.383 e. The van der Waals surface area contributed by atoms with Crippen molar-refractivity contribution in [3.05, 3.63) is 23.8 Å². The highest BCUT2D eigenvalue weighted by Crippen LogP contribution is 2.21. The Kier molecular flexibility index (Phi) is 4.69. The van der Waals surface area contributed by atoms with Gasteiger partial charge in [0.05, 0.1) is 18.3 Å². The van der Waals surface area contributed by atoms with Gasteiger partial charge in [-0.25, -0.2) is 0 Å². The molecule has 120 valence electrons. The van der Waals surface area contributed by atoms with Crippen LogP contribution in [0, 0.1) is 0 Å². The van der Waals surface area contributed by atoms with E-state index in [-0.39, 0.29) is 12.6 Å². The molecule has 0 aliphatic carbocycles. The van der Waals surface area contributed by atoms with Crippen molar-refractivity contribution in [3.8, 4) is 0 Å². The second-order valence-electron chi connectivity index (χ2n) is 5.28. The zero-order chi connectivity index (χ0) is 15.6. The molecule has 3 rings (SSSR count). The average molecular weight is 342 g/mol. The highest BCUT2D eigenvalue weighted by molar-refractivity contribution is 7.87. The highest BCUT2D eigenvalue weighted by Gasteiger charge is 2.33. The second-order valence-corrected chi connectivity index (χ2v) is 7.51. The van der Waals surface area contributed by atoms with Crippen LogP contribution in [0.4, 0.5) is 0 Å². The van der Waals surface area contributed by atoms with E-state index in [2.05, 4.69) is 13.5 Å². The Morgan fingerprint density at radius 3 is 3.05 bits per heavy atom. The molecule has 0 amide bonds. The fourth-order valence-corrected chi connectivity index (χ4v) is 4.64. The monoisotopic (exact) mass is 342 g/mol. The van der Waals surface area contributed by atoms with Gasteiger partial charge in [0.2, 0.25) is 0 Å². The van der Waals surface area contributed by atoms with Crippen LogP contribution in [0.1, 0.15) is 18.4 Å². The molecule has 1 aliphatic rings. The molecule has 1 aromatic heterocycles. The van der Waals surface area contributed by atoms with E-state index in [0.29, 0.717) is 13.2 Å². The lowest BCUT2D eigenvalue weighted by molar-refractivity contribution is 0.148. The molecule has 22 heavy (non-hydrogen) atoms. The Hall–Kier alpha value is -1.13. The molecule has 1 N–H and O–H groups in total. The van der Waals surface area contributed by atoms with Gasteiger partial charge >= 0.3 is 0 Å². The number of nitrogens with one attached hydrogen (secondary N) is 1. The summed E-state index contributed by atoms with van der Waals surface area (Å²) in [6, 6.07) is 5.50. The van der Waals surface area contributed by atoms with E-state index in [4.69, 9.17) is 4.74 Å². The van der Waals surface area contributed by atoms with Gasteiger partial charge in [0, 0.05) is 26.2 Å². The van der Waals surface area contributed by atoms with E-state index in [1.807, 2.05) is 18.2 Å². The van der Waals surface area contributed by atoms with Gasteiger partial charge in [0.15, 0.2) is 0 Å². The number of hydrogen-bond donors (Lipinski definition) is 1. The Balaban J connectivity index is 1.68. The third kappa shape index (κ3) is 3.28. The Morgan fingerprint density at radius 2 is 2.23 bits per heavy atom. The average Bonchev–Trinajstić information content (AvgIpc) is 3.14. The first-order valence-electron chi connectivity index (χ1n) is 7.07. The van der Waals surface area contributed by atoms with Gasteiger partial charge in [-0.15, -0.1) is 0 Å². The summed E-state index contributed by atoms with van der Waals surface area (Å²) in [6.45, 7) is 1.21. The lowest BCUT2D eigenvalue weighted by atomic mass is 10.2. The highest BCUT2D eigenvalue weighted by atomic mass is 32.2. The summed E-state index contributed by atoms with van der Waals surface area (Å²) in [7, 11) is -1.91. The maximum absolute atomic E-state index is 12.4. The summed E-state index contributed by atoms with van der Waals surface area (Å²) in [6.07, 6.45) is 1.70. The summed E-state index contributed by atoms with van der Waals surface area (Å²) in [5, 5.41) is 0. The predicted octanol–water partition coefficient (Wildman–Crippen LogP) is 1.14. The number of hydrogen-bond acceptors (Lipinski definition) is 6. The van der Waals surface area contributed by atoms with Crippen LogP contribution in [0.5, 0.6) is 0 Å². The van der Waals surface area contributed by atoms with Gasteiger partial charge in [0.1, 0.15) is 11.0 Å². The van der Waals surface area contributed by atoms with Crippen LogP contribution in [-0.4, -0.2) is 47.8 Å². The van der Waals surface area contributed by atoms with E-state index in [1.165, 1.54) is 4.31 Å². The summed E-state index contributed by atoms with van der Waals surface area (Å²) >= 11 is 1.15. The summed E-state index contributed by atoms with van der Waals surface area (Å²) < 4.78 is 42.4. The van der Waals surface area contributed by atoms with Gasteiger partial charge in [-0.1, -0.05) is 6.07 Å². The lowest BCUT2D eigenvalue weighted by Crippen LogP contribution is -2.44.